The van der Waals surface area contributed by atoms with Crippen LogP contribution in [0.2, 0.25) is 0 Å². The molecule has 0 saturated carbocycles. The maximum atomic E-state index is 12.5. The van der Waals surface area contributed by atoms with Crippen molar-refractivity contribution >= 4 is 17.7 Å². The fraction of sp³-hybridized carbons (Fsp3) is 0.467. The van der Waals surface area contributed by atoms with Gasteiger partial charge >= 0.3 is 0 Å². The van der Waals surface area contributed by atoms with Crippen LogP contribution in [0.1, 0.15) is 16.8 Å². The zero-order valence-electron chi connectivity index (χ0n) is 13.4. The zero-order valence-corrected chi connectivity index (χ0v) is 13.4. The third kappa shape index (κ3) is 2.84. The van der Waals surface area contributed by atoms with Crippen LogP contribution in [0.4, 0.5) is 0 Å². The van der Waals surface area contributed by atoms with E-state index in [0.717, 1.165) is 0 Å². The smallest absolute Gasteiger partial charge is 0.257 e. The number of hydrogen-bond donors (Lipinski definition) is 2. The molecule has 9 heteroatoms. The second-order valence-corrected chi connectivity index (χ2v) is 5.60. The summed E-state index contributed by atoms with van der Waals surface area (Å²) in [6, 6.07) is 2.29. The van der Waals surface area contributed by atoms with Crippen LogP contribution in [0.3, 0.4) is 0 Å². The Hall–Kier alpha value is -2.84. The van der Waals surface area contributed by atoms with Crippen LogP contribution in [-0.4, -0.2) is 67.0 Å². The van der Waals surface area contributed by atoms with E-state index in [1.54, 1.807) is 12.1 Å². The van der Waals surface area contributed by atoms with E-state index in [1.165, 1.54) is 19.1 Å². The monoisotopic (exact) mass is 334 g/mol. The van der Waals surface area contributed by atoms with E-state index in [1.807, 2.05) is 0 Å². The summed E-state index contributed by atoms with van der Waals surface area (Å²) in [6.07, 6.45) is 0.384. The molecule has 9 nitrogen and oxygen atoms in total. The van der Waals surface area contributed by atoms with Gasteiger partial charge in [0.05, 0.1) is 20.8 Å². The van der Waals surface area contributed by atoms with Crippen LogP contribution >= 0.6 is 0 Å². The zero-order chi connectivity index (χ0) is 17.3. The first-order valence-electron chi connectivity index (χ1n) is 7.50. The molecule has 0 radical (unpaired) electrons. The maximum Gasteiger partial charge on any atom is 0.257 e. The predicted octanol–water partition coefficient (Wildman–Crippen LogP) is -1.07. The van der Waals surface area contributed by atoms with Crippen LogP contribution in [0.25, 0.3) is 0 Å². The molecule has 0 aromatic carbocycles. The van der Waals surface area contributed by atoms with Crippen molar-refractivity contribution in [1.82, 2.24) is 20.5 Å². The predicted molar refractivity (Wildman–Crippen MR) is 81.7 cm³/mol. The topological polar surface area (TPSA) is 110 Å². The molecule has 2 aliphatic heterocycles. The first-order valence-corrected chi connectivity index (χ1v) is 7.50. The molecule has 2 aliphatic rings. The van der Waals surface area contributed by atoms with Gasteiger partial charge in [-0.25, -0.2) is 0 Å². The number of nitrogens with zero attached hydrogens (tertiary/aromatic N) is 2. The highest BCUT2D eigenvalue weighted by molar-refractivity contribution is 5.98. The van der Waals surface area contributed by atoms with Gasteiger partial charge in [0.1, 0.15) is 11.6 Å². The number of aromatic nitrogens is 1. The Balaban J connectivity index is 1.72. The lowest BCUT2D eigenvalue weighted by Crippen LogP contribution is -2.55. The summed E-state index contributed by atoms with van der Waals surface area (Å²) in [6.45, 7) is 0.320. The van der Waals surface area contributed by atoms with Gasteiger partial charge in [0.25, 0.3) is 5.91 Å². The SMILES string of the molecule is COc1ccc(C(=O)N[C@H]2C[C@H]3C(=O)NCC(=O)N3C2)c(OC)n1. The van der Waals surface area contributed by atoms with Crippen LogP contribution in [-0.2, 0) is 9.59 Å². The number of ether oxygens (including phenoxy) is 2. The lowest BCUT2D eigenvalue weighted by molar-refractivity contribution is -0.143. The van der Waals surface area contributed by atoms with Crippen LogP contribution in [0.5, 0.6) is 11.8 Å². The molecule has 3 amide bonds. The van der Waals surface area contributed by atoms with Crippen molar-refractivity contribution < 1.29 is 23.9 Å². The van der Waals surface area contributed by atoms with Crippen molar-refractivity contribution in [3.05, 3.63) is 17.7 Å². The standard InChI is InChI=1S/C15H18N4O5/c1-23-11-4-3-9(15(18-11)24-2)13(21)17-8-5-10-14(22)16-6-12(20)19(10)7-8/h3-4,8,10H,5-7H2,1-2H3,(H,16,22)(H,17,21)/t8-,10-/m0/s1. The van der Waals surface area contributed by atoms with E-state index in [4.69, 9.17) is 9.47 Å². The molecule has 1 aromatic heterocycles. The third-order valence-electron chi connectivity index (χ3n) is 4.15. The first-order chi connectivity index (χ1) is 11.5. The maximum absolute atomic E-state index is 12.5. The molecule has 2 N–H and O–H groups in total. The number of carbonyl (C=O) groups is 3. The van der Waals surface area contributed by atoms with Crippen molar-refractivity contribution in [2.45, 2.75) is 18.5 Å². The Morgan fingerprint density at radius 3 is 2.79 bits per heavy atom. The minimum Gasteiger partial charge on any atom is -0.481 e. The lowest BCUT2D eigenvalue weighted by atomic mass is 10.1. The van der Waals surface area contributed by atoms with E-state index < -0.39 is 6.04 Å². The molecule has 2 fully saturated rings. The summed E-state index contributed by atoms with van der Waals surface area (Å²) in [7, 11) is 2.88. The number of nitrogens with one attached hydrogen (secondary N) is 2. The molecule has 3 heterocycles. The number of methoxy groups -OCH3 is 2. The van der Waals surface area contributed by atoms with Gasteiger partial charge in [0.15, 0.2) is 0 Å². The Kier molecular flexibility index (Phi) is 4.24. The summed E-state index contributed by atoms with van der Waals surface area (Å²) >= 11 is 0. The van der Waals surface area contributed by atoms with Crippen LogP contribution < -0.4 is 20.1 Å². The van der Waals surface area contributed by atoms with Gasteiger partial charge in [-0.15, -0.1) is 0 Å². The highest BCUT2D eigenvalue weighted by atomic mass is 16.5. The molecule has 3 rings (SSSR count). The normalized spacial score (nSPS) is 22.7. The molecule has 2 saturated heterocycles. The molecule has 0 spiro atoms. The van der Waals surface area contributed by atoms with Crippen molar-refractivity contribution in [3.8, 4) is 11.8 Å². The Morgan fingerprint density at radius 1 is 1.33 bits per heavy atom. The fourth-order valence-electron chi connectivity index (χ4n) is 2.98. The second-order valence-electron chi connectivity index (χ2n) is 5.60. The molecule has 2 atom stereocenters. The summed E-state index contributed by atoms with van der Waals surface area (Å²) in [5.41, 5.74) is 0.263. The molecule has 0 aliphatic carbocycles. The fourth-order valence-corrected chi connectivity index (χ4v) is 2.98. The summed E-state index contributed by atoms with van der Waals surface area (Å²) in [5, 5.41) is 5.38. The van der Waals surface area contributed by atoms with Gasteiger partial charge in [-0.05, 0) is 12.5 Å². The largest absolute Gasteiger partial charge is 0.481 e. The number of hydrogen-bond acceptors (Lipinski definition) is 6. The molecule has 128 valence electrons. The Labute approximate surface area is 138 Å². The van der Waals surface area contributed by atoms with Crippen molar-refractivity contribution in [1.29, 1.82) is 0 Å². The average Bonchev–Trinajstić information content (AvgIpc) is 3.02. The molecule has 24 heavy (non-hydrogen) atoms. The van der Waals surface area contributed by atoms with E-state index >= 15 is 0 Å². The average molecular weight is 334 g/mol. The summed E-state index contributed by atoms with van der Waals surface area (Å²) in [5.74, 6) is -0.213. The first kappa shape index (κ1) is 16.0. The Morgan fingerprint density at radius 2 is 2.12 bits per heavy atom. The lowest BCUT2D eigenvalue weighted by Gasteiger charge is -2.28. The summed E-state index contributed by atoms with van der Waals surface area (Å²) < 4.78 is 10.1. The minimum atomic E-state index is -0.521. The highest BCUT2D eigenvalue weighted by Crippen LogP contribution is 2.23. The molecular formula is C15H18N4O5. The number of pyridine rings is 1. The van der Waals surface area contributed by atoms with E-state index in [0.29, 0.717) is 18.8 Å². The second kappa shape index (κ2) is 6.34. The number of fused-ring (bicyclic) bond motifs is 1. The minimum absolute atomic E-state index is 0.00617. The molecular weight excluding hydrogens is 316 g/mol. The third-order valence-corrected chi connectivity index (χ3v) is 4.15. The molecule has 0 unspecified atom stereocenters. The van der Waals surface area contributed by atoms with Gasteiger partial charge in [-0.2, -0.15) is 4.98 Å². The van der Waals surface area contributed by atoms with Crippen molar-refractivity contribution in [2.75, 3.05) is 27.3 Å². The number of carbonyl (C=O) groups excluding carboxylic acids is 3. The van der Waals surface area contributed by atoms with E-state index in [2.05, 4.69) is 15.6 Å². The van der Waals surface area contributed by atoms with Crippen molar-refractivity contribution in [3.63, 3.8) is 0 Å². The molecule has 1 aromatic rings. The van der Waals surface area contributed by atoms with Crippen molar-refractivity contribution in [2.24, 2.45) is 0 Å². The van der Waals surface area contributed by atoms with Crippen LogP contribution in [0.15, 0.2) is 12.1 Å². The Bertz CT molecular complexity index is 668. The number of piperazine rings is 1. The van der Waals surface area contributed by atoms with Gasteiger partial charge in [0, 0.05) is 18.7 Å². The van der Waals surface area contributed by atoms with E-state index in [-0.39, 0.29) is 41.8 Å². The van der Waals surface area contributed by atoms with Gasteiger partial charge in [0.2, 0.25) is 23.6 Å². The van der Waals surface area contributed by atoms with E-state index in [9.17, 15) is 14.4 Å². The van der Waals surface area contributed by atoms with Gasteiger partial charge < -0.3 is 25.0 Å². The van der Waals surface area contributed by atoms with Crippen LogP contribution in [0, 0.1) is 0 Å². The van der Waals surface area contributed by atoms with Gasteiger partial charge in [-0.3, -0.25) is 14.4 Å². The molecule has 0 bridgehead atoms. The number of amides is 3. The number of rotatable bonds is 4. The summed E-state index contributed by atoms with van der Waals surface area (Å²) in [4.78, 5) is 41.7. The highest BCUT2D eigenvalue weighted by Gasteiger charge is 2.42. The quantitative estimate of drug-likeness (QED) is 0.725. The van der Waals surface area contributed by atoms with Gasteiger partial charge in [-0.1, -0.05) is 0 Å².